The number of nitrogens with one attached hydrogen (secondary N) is 1. The quantitative estimate of drug-likeness (QED) is 0.655. The fourth-order valence-corrected chi connectivity index (χ4v) is 3.96. The number of carbonyl (C=O) groups excluding carboxylic acids is 2. The van der Waals surface area contributed by atoms with Crippen LogP contribution in [0, 0.1) is 5.82 Å². The molecular weight excluding hydrogens is 435 g/mol. The summed E-state index contributed by atoms with van der Waals surface area (Å²) in [5, 5.41) is 5.06. The lowest BCUT2D eigenvalue weighted by atomic mass is 10.2. The summed E-state index contributed by atoms with van der Waals surface area (Å²) in [6, 6.07) is 4.46. The number of amides is 3. The highest BCUT2D eigenvalue weighted by atomic mass is 79.9. The summed E-state index contributed by atoms with van der Waals surface area (Å²) in [5.41, 5.74) is 1.01. The number of hydrogen-bond donors (Lipinski definition) is 1. The van der Waals surface area contributed by atoms with Gasteiger partial charge in [0.15, 0.2) is 5.13 Å². The number of aromatic nitrogens is 1. The first-order valence-electron chi connectivity index (χ1n) is 8.30. The predicted octanol–water partition coefficient (Wildman–Crippen LogP) is 3.33. The van der Waals surface area contributed by atoms with Gasteiger partial charge in [0.1, 0.15) is 5.82 Å². The second-order valence-electron chi connectivity index (χ2n) is 5.98. The molecule has 0 unspecified atom stereocenters. The van der Waals surface area contributed by atoms with Gasteiger partial charge in [0.25, 0.3) is 0 Å². The van der Waals surface area contributed by atoms with Crippen LogP contribution in [0.25, 0.3) is 0 Å². The van der Waals surface area contributed by atoms with Crippen LogP contribution in [0.15, 0.2) is 40.7 Å². The highest BCUT2D eigenvalue weighted by Crippen LogP contribution is 2.23. The molecule has 1 N–H and O–H groups in total. The summed E-state index contributed by atoms with van der Waals surface area (Å²) in [6.07, 6.45) is 1.68. The van der Waals surface area contributed by atoms with Gasteiger partial charge < -0.3 is 10.2 Å². The van der Waals surface area contributed by atoms with E-state index in [1.54, 1.807) is 28.5 Å². The van der Waals surface area contributed by atoms with E-state index in [0.29, 0.717) is 36.0 Å². The molecule has 2 heterocycles. The Labute approximate surface area is 168 Å². The lowest BCUT2D eigenvalue weighted by Gasteiger charge is -2.21. The van der Waals surface area contributed by atoms with Crippen LogP contribution < -0.4 is 10.2 Å². The van der Waals surface area contributed by atoms with Gasteiger partial charge in [0, 0.05) is 41.6 Å². The van der Waals surface area contributed by atoms with Crippen LogP contribution >= 0.6 is 27.3 Å². The second-order valence-corrected chi connectivity index (χ2v) is 7.73. The monoisotopic (exact) mass is 452 g/mol. The molecule has 1 aliphatic heterocycles. The normalized spacial score (nSPS) is 13.6. The molecule has 1 saturated heterocycles. The van der Waals surface area contributed by atoms with Crippen molar-refractivity contribution in [3.63, 3.8) is 0 Å². The molecule has 1 fully saturated rings. The van der Waals surface area contributed by atoms with Crippen LogP contribution in [0.3, 0.4) is 0 Å². The van der Waals surface area contributed by atoms with Crippen LogP contribution in [-0.4, -0.2) is 41.5 Å². The average Bonchev–Trinajstić information content (AvgIpc) is 3.26. The van der Waals surface area contributed by atoms with Gasteiger partial charge in [-0.3, -0.25) is 9.69 Å². The molecule has 9 heteroatoms. The van der Waals surface area contributed by atoms with Crippen molar-refractivity contribution in [1.29, 1.82) is 0 Å². The van der Waals surface area contributed by atoms with Gasteiger partial charge in [-0.1, -0.05) is 22.0 Å². The molecule has 27 heavy (non-hydrogen) atoms. The molecule has 0 radical (unpaired) electrons. The minimum atomic E-state index is -0.365. The summed E-state index contributed by atoms with van der Waals surface area (Å²) < 4.78 is 14.8. The van der Waals surface area contributed by atoms with Gasteiger partial charge >= 0.3 is 6.03 Å². The molecule has 3 amide bonds. The lowest BCUT2D eigenvalue weighted by Crippen LogP contribution is -2.32. The van der Waals surface area contributed by atoms with Gasteiger partial charge in [0.05, 0.1) is 12.1 Å². The van der Waals surface area contributed by atoms with Crippen molar-refractivity contribution in [2.75, 3.05) is 24.5 Å². The summed E-state index contributed by atoms with van der Waals surface area (Å²) >= 11 is 4.64. The van der Waals surface area contributed by atoms with Crippen molar-refractivity contribution in [2.45, 2.75) is 13.0 Å². The van der Waals surface area contributed by atoms with E-state index in [4.69, 9.17) is 0 Å². The first kappa shape index (κ1) is 19.5. The first-order valence-corrected chi connectivity index (χ1v) is 9.97. The molecule has 2 aromatic rings. The molecule has 0 bridgehead atoms. The van der Waals surface area contributed by atoms with Crippen molar-refractivity contribution in [1.82, 2.24) is 15.2 Å². The number of thiazole rings is 1. The maximum Gasteiger partial charge on any atom is 0.323 e. The van der Waals surface area contributed by atoms with Crippen LogP contribution in [0.1, 0.15) is 11.3 Å². The fraction of sp³-hybridized carbons (Fsp3) is 0.278. The van der Waals surface area contributed by atoms with Crippen LogP contribution in [0.4, 0.5) is 14.3 Å². The lowest BCUT2D eigenvalue weighted by molar-refractivity contribution is -0.130. The summed E-state index contributed by atoms with van der Waals surface area (Å²) in [5.74, 6) is -0.548. The van der Waals surface area contributed by atoms with Crippen LogP contribution in [0.2, 0.25) is 0 Å². The Hall–Kier alpha value is -2.26. The largest absolute Gasteiger partial charge is 0.336 e. The third kappa shape index (κ3) is 4.72. The zero-order valence-corrected chi connectivity index (χ0v) is 16.9. The maximum atomic E-state index is 14.0. The van der Waals surface area contributed by atoms with Gasteiger partial charge in [-0.05, 0) is 18.2 Å². The number of rotatable bonds is 7. The maximum absolute atomic E-state index is 14.0. The van der Waals surface area contributed by atoms with E-state index in [9.17, 15) is 14.0 Å². The third-order valence-electron chi connectivity index (χ3n) is 4.03. The molecule has 0 atom stereocenters. The molecule has 6 nitrogen and oxygen atoms in total. The number of anilines is 1. The number of benzene rings is 1. The second kappa shape index (κ2) is 8.62. The fourth-order valence-electron chi connectivity index (χ4n) is 2.70. The van der Waals surface area contributed by atoms with Crippen molar-refractivity contribution >= 4 is 44.3 Å². The van der Waals surface area contributed by atoms with Gasteiger partial charge in [-0.25, -0.2) is 14.2 Å². The van der Waals surface area contributed by atoms with Gasteiger partial charge in [-0.2, -0.15) is 0 Å². The first-order chi connectivity index (χ1) is 13.0. The summed E-state index contributed by atoms with van der Waals surface area (Å²) in [6.45, 7) is 5.26. The molecule has 0 spiro atoms. The molecule has 1 aliphatic rings. The number of carbonyl (C=O) groups is 2. The standard InChI is InChI=1S/C18H18BrFN4O2S/c1-2-6-23(10-12-8-13(19)3-4-15(12)20)16(25)9-14-11-27-18(22-14)24-7-5-21-17(24)26/h2-4,8,11H,1,5-7,9-10H2,(H,21,26). The summed E-state index contributed by atoms with van der Waals surface area (Å²) in [7, 11) is 0. The number of hydrogen-bond acceptors (Lipinski definition) is 4. The molecular formula is C18H18BrFN4O2S. The number of halogens is 2. The minimum Gasteiger partial charge on any atom is -0.336 e. The van der Waals surface area contributed by atoms with E-state index in [-0.39, 0.29) is 30.7 Å². The van der Waals surface area contributed by atoms with Crippen molar-refractivity contribution in [2.24, 2.45) is 0 Å². The SMILES string of the molecule is C=CCN(Cc1cc(Br)ccc1F)C(=O)Cc1csc(N2CCNC2=O)n1. The van der Waals surface area contributed by atoms with Crippen molar-refractivity contribution in [3.8, 4) is 0 Å². The van der Waals surface area contributed by atoms with Crippen LogP contribution in [0.5, 0.6) is 0 Å². The Morgan fingerprint density at radius 2 is 2.33 bits per heavy atom. The Morgan fingerprint density at radius 3 is 3.04 bits per heavy atom. The number of nitrogens with zero attached hydrogens (tertiary/aromatic N) is 3. The Bertz CT molecular complexity index is 873. The van der Waals surface area contributed by atoms with E-state index >= 15 is 0 Å². The predicted molar refractivity (Wildman–Crippen MR) is 106 cm³/mol. The smallest absolute Gasteiger partial charge is 0.323 e. The van der Waals surface area contributed by atoms with Gasteiger partial charge in [-0.15, -0.1) is 17.9 Å². The Balaban J connectivity index is 1.70. The Morgan fingerprint density at radius 1 is 1.52 bits per heavy atom. The van der Waals surface area contributed by atoms with E-state index in [1.165, 1.54) is 22.3 Å². The van der Waals surface area contributed by atoms with Gasteiger partial charge in [0.2, 0.25) is 5.91 Å². The van der Waals surface area contributed by atoms with E-state index in [2.05, 4.69) is 32.8 Å². The van der Waals surface area contributed by atoms with E-state index in [0.717, 1.165) is 4.47 Å². The molecule has 3 rings (SSSR count). The van der Waals surface area contributed by atoms with E-state index in [1.807, 2.05) is 0 Å². The minimum absolute atomic E-state index is 0.0788. The highest BCUT2D eigenvalue weighted by molar-refractivity contribution is 9.10. The molecule has 0 aliphatic carbocycles. The highest BCUT2D eigenvalue weighted by Gasteiger charge is 2.24. The molecule has 1 aromatic heterocycles. The molecule has 0 saturated carbocycles. The third-order valence-corrected chi connectivity index (χ3v) is 5.44. The molecule has 1 aromatic carbocycles. The average molecular weight is 453 g/mol. The Kier molecular flexibility index (Phi) is 6.22. The van der Waals surface area contributed by atoms with Crippen LogP contribution in [-0.2, 0) is 17.8 Å². The topological polar surface area (TPSA) is 65.5 Å². The summed E-state index contributed by atoms with van der Waals surface area (Å²) in [4.78, 5) is 31.9. The zero-order chi connectivity index (χ0) is 19.4. The van der Waals surface area contributed by atoms with Crippen molar-refractivity contribution < 1.29 is 14.0 Å². The zero-order valence-electron chi connectivity index (χ0n) is 14.5. The number of urea groups is 1. The molecule has 142 valence electrons. The van der Waals surface area contributed by atoms with Crippen molar-refractivity contribution in [3.05, 3.63) is 57.8 Å². The van der Waals surface area contributed by atoms with E-state index < -0.39 is 0 Å².